The molecule has 5 nitrogen and oxygen atoms in total. The van der Waals surface area contributed by atoms with Crippen molar-refractivity contribution in [3.63, 3.8) is 0 Å². The van der Waals surface area contributed by atoms with Gasteiger partial charge in [-0.05, 0) is 30.2 Å². The van der Waals surface area contributed by atoms with E-state index in [4.69, 9.17) is 4.74 Å². The van der Waals surface area contributed by atoms with E-state index in [1.165, 1.54) is 11.3 Å². The molecule has 0 aliphatic heterocycles. The summed E-state index contributed by atoms with van der Waals surface area (Å²) in [6.07, 6.45) is 2.95. The molecule has 0 radical (unpaired) electrons. The molecule has 0 aliphatic carbocycles. The molecule has 0 amide bonds. The van der Waals surface area contributed by atoms with Crippen LogP contribution in [0, 0.1) is 0 Å². The van der Waals surface area contributed by atoms with Gasteiger partial charge in [0.05, 0.1) is 13.7 Å². The van der Waals surface area contributed by atoms with Crippen LogP contribution in [0.2, 0.25) is 0 Å². The Kier molecular flexibility index (Phi) is 6.09. The third-order valence-electron chi connectivity index (χ3n) is 3.89. The van der Waals surface area contributed by atoms with Crippen LogP contribution in [0.1, 0.15) is 11.3 Å². The van der Waals surface area contributed by atoms with E-state index < -0.39 is 0 Å². The third kappa shape index (κ3) is 4.52. The molecule has 0 saturated carbocycles. The van der Waals surface area contributed by atoms with Crippen LogP contribution in [-0.4, -0.2) is 43.2 Å². The number of benzene rings is 1. The Balaban J connectivity index is 1.89. The van der Waals surface area contributed by atoms with Crippen molar-refractivity contribution >= 4 is 5.96 Å². The van der Waals surface area contributed by atoms with Crippen molar-refractivity contribution < 1.29 is 4.74 Å². The van der Waals surface area contributed by atoms with Crippen LogP contribution in [0.15, 0.2) is 47.6 Å². The Hall–Kier alpha value is -2.43. The number of rotatable bonds is 6. The van der Waals surface area contributed by atoms with Gasteiger partial charge >= 0.3 is 0 Å². The van der Waals surface area contributed by atoms with E-state index >= 15 is 0 Å². The number of nitrogens with one attached hydrogen (secondary N) is 1. The number of nitrogens with zero attached hydrogens (tertiary/aromatic N) is 3. The maximum Gasteiger partial charge on any atom is 0.193 e. The fraction of sp³-hybridized carbons (Fsp3) is 0.389. The predicted molar refractivity (Wildman–Crippen MR) is 94.9 cm³/mol. The lowest BCUT2D eigenvalue weighted by atomic mass is 10.1. The molecule has 1 N–H and O–H groups in total. The summed E-state index contributed by atoms with van der Waals surface area (Å²) in [6.45, 7) is 1.63. The van der Waals surface area contributed by atoms with E-state index in [1.807, 2.05) is 32.3 Å². The molecule has 124 valence electrons. The smallest absolute Gasteiger partial charge is 0.193 e. The fourth-order valence-electron chi connectivity index (χ4n) is 2.58. The summed E-state index contributed by atoms with van der Waals surface area (Å²) in [5.41, 5.74) is 2.45. The summed E-state index contributed by atoms with van der Waals surface area (Å²) in [4.78, 5) is 6.49. The van der Waals surface area contributed by atoms with Crippen LogP contribution >= 0.6 is 0 Å². The van der Waals surface area contributed by atoms with Crippen molar-refractivity contribution in [2.24, 2.45) is 12.0 Å². The van der Waals surface area contributed by atoms with Gasteiger partial charge in [0.25, 0.3) is 0 Å². The number of hydrogen-bond acceptors (Lipinski definition) is 2. The molecule has 5 heteroatoms. The van der Waals surface area contributed by atoms with E-state index in [-0.39, 0.29) is 0 Å². The zero-order chi connectivity index (χ0) is 16.7. The zero-order valence-electron chi connectivity index (χ0n) is 14.4. The molecule has 1 heterocycles. The largest absolute Gasteiger partial charge is 0.496 e. The van der Waals surface area contributed by atoms with Crippen LogP contribution in [0.25, 0.3) is 0 Å². The topological polar surface area (TPSA) is 41.8 Å². The van der Waals surface area contributed by atoms with Gasteiger partial charge in [0.1, 0.15) is 5.75 Å². The molecular weight excluding hydrogens is 288 g/mol. The normalized spacial score (nSPS) is 11.4. The average molecular weight is 314 g/mol. The number of methoxy groups -OCH3 is 1. The molecule has 0 saturated heterocycles. The minimum absolute atomic E-state index is 0.810. The third-order valence-corrected chi connectivity index (χ3v) is 3.89. The predicted octanol–water partition coefficient (Wildman–Crippen LogP) is 2.28. The highest BCUT2D eigenvalue weighted by molar-refractivity contribution is 5.79. The van der Waals surface area contributed by atoms with Gasteiger partial charge in [-0.1, -0.05) is 18.2 Å². The number of ether oxygens (including phenoxy) is 1. The quantitative estimate of drug-likeness (QED) is 0.657. The van der Waals surface area contributed by atoms with Crippen molar-refractivity contribution in [2.45, 2.75) is 13.0 Å². The van der Waals surface area contributed by atoms with Crippen molar-refractivity contribution in [3.8, 4) is 5.75 Å². The fourth-order valence-corrected chi connectivity index (χ4v) is 2.58. The van der Waals surface area contributed by atoms with Crippen LogP contribution < -0.4 is 10.1 Å². The zero-order valence-corrected chi connectivity index (χ0v) is 14.4. The first-order valence-corrected chi connectivity index (χ1v) is 7.79. The van der Waals surface area contributed by atoms with Gasteiger partial charge in [-0.3, -0.25) is 4.99 Å². The van der Waals surface area contributed by atoms with E-state index in [9.17, 15) is 0 Å². The molecular formula is C18H26N4O. The maximum atomic E-state index is 5.39. The van der Waals surface area contributed by atoms with E-state index in [1.54, 1.807) is 7.11 Å². The van der Waals surface area contributed by atoms with Crippen molar-refractivity contribution in [2.75, 3.05) is 27.7 Å². The van der Waals surface area contributed by atoms with Gasteiger partial charge < -0.3 is 19.5 Å². The summed E-state index contributed by atoms with van der Waals surface area (Å²) in [5, 5.41) is 3.41. The summed E-state index contributed by atoms with van der Waals surface area (Å²) >= 11 is 0. The second-order valence-electron chi connectivity index (χ2n) is 5.50. The Morgan fingerprint density at radius 1 is 1.26 bits per heavy atom. The number of guanidine groups is 1. The van der Waals surface area contributed by atoms with E-state index in [2.05, 4.69) is 51.2 Å². The Morgan fingerprint density at radius 2 is 2.04 bits per heavy atom. The highest BCUT2D eigenvalue weighted by atomic mass is 16.5. The molecule has 0 atom stereocenters. The number of aliphatic imine (C=N–C) groups is 1. The molecule has 0 bridgehead atoms. The highest BCUT2D eigenvalue weighted by Crippen LogP contribution is 2.17. The van der Waals surface area contributed by atoms with Crippen molar-refractivity contribution in [3.05, 3.63) is 53.9 Å². The minimum atomic E-state index is 0.810. The monoisotopic (exact) mass is 314 g/mol. The first-order chi connectivity index (χ1) is 11.2. The summed E-state index contributed by atoms with van der Waals surface area (Å²) in [6, 6.07) is 12.3. The van der Waals surface area contributed by atoms with Crippen molar-refractivity contribution in [1.82, 2.24) is 14.8 Å². The van der Waals surface area contributed by atoms with Crippen LogP contribution in [0.5, 0.6) is 5.75 Å². The molecule has 0 unspecified atom stereocenters. The number of para-hydroxylation sites is 1. The Labute approximate surface area is 138 Å². The second kappa shape index (κ2) is 8.27. The average Bonchev–Trinajstić information content (AvgIpc) is 2.96. The van der Waals surface area contributed by atoms with Gasteiger partial charge in [-0.25, -0.2) is 0 Å². The maximum absolute atomic E-state index is 5.39. The molecule has 0 fully saturated rings. The first-order valence-electron chi connectivity index (χ1n) is 7.79. The van der Waals surface area contributed by atoms with Gasteiger partial charge in [-0.15, -0.1) is 0 Å². The molecule has 2 rings (SSSR count). The second-order valence-corrected chi connectivity index (χ2v) is 5.50. The standard InChI is InChI=1S/C18H26N4O/c1-19-18(22(3)14-16-9-7-13-21(16)2)20-12-11-15-8-5-6-10-17(15)23-4/h5-10,13H,11-12,14H2,1-4H3,(H,19,20). The summed E-state index contributed by atoms with van der Waals surface area (Å²) < 4.78 is 7.51. The molecule has 23 heavy (non-hydrogen) atoms. The molecule has 0 spiro atoms. The van der Waals surface area contributed by atoms with Gasteiger partial charge in [0.2, 0.25) is 0 Å². The number of aryl methyl sites for hydroxylation is 1. The van der Waals surface area contributed by atoms with Crippen molar-refractivity contribution in [1.29, 1.82) is 0 Å². The Morgan fingerprint density at radius 3 is 2.70 bits per heavy atom. The van der Waals surface area contributed by atoms with Crippen LogP contribution in [0.4, 0.5) is 0 Å². The Bertz CT molecular complexity index is 648. The summed E-state index contributed by atoms with van der Waals surface area (Å²) in [7, 11) is 7.62. The van der Waals surface area contributed by atoms with Gasteiger partial charge in [0, 0.05) is 39.6 Å². The lowest BCUT2D eigenvalue weighted by Crippen LogP contribution is -2.39. The van der Waals surface area contributed by atoms with Gasteiger partial charge in [-0.2, -0.15) is 0 Å². The van der Waals surface area contributed by atoms with Crippen LogP contribution in [-0.2, 0) is 20.0 Å². The lowest BCUT2D eigenvalue weighted by Gasteiger charge is -2.22. The number of hydrogen-bond donors (Lipinski definition) is 1. The highest BCUT2D eigenvalue weighted by Gasteiger charge is 2.08. The lowest BCUT2D eigenvalue weighted by molar-refractivity contribution is 0.409. The number of aromatic nitrogens is 1. The van der Waals surface area contributed by atoms with Gasteiger partial charge in [0.15, 0.2) is 5.96 Å². The molecule has 0 aliphatic rings. The first kappa shape index (κ1) is 16.9. The van der Waals surface area contributed by atoms with Crippen LogP contribution in [0.3, 0.4) is 0 Å². The molecule has 1 aromatic heterocycles. The van der Waals surface area contributed by atoms with E-state index in [0.717, 1.165) is 31.2 Å². The minimum Gasteiger partial charge on any atom is -0.496 e. The molecule has 1 aromatic carbocycles. The summed E-state index contributed by atoms with van der Waals surface area (Å²) in [5.74, 6) is 1.82. The molecule has 2 aromatic rings. The van der Waals surface area contributed by atoms with E-state index in [0.29, 0.717) is 0 Å². The SMILES string of the molecule is CN=C(NCCc1ccccc1OC)N(C)Cc1cccn1C.